The van der Waals surface area contributed by atoms with Crippen molar-refractivity contribution in [2.75, 3.05) is 0 Å². The largest absolute Gasteiger partial charge is 0.198 e. The van der Waals surface area contributed by atoms with Crippen LogP contribution in [-0.2, 0) is 0 Å². The zero-order valence-electron chi connectivity index (χ0n) is 13.3. The van der Waals surface area contributed by atoms with Crippen molar-refractivity contribution < 1.29 is 4.68 Å². The lowest BCUT2D eigenvalue weighted by Gasteiger charge is -2.05. The first-order valence-electron chi connectivity index (χ1n) is 7.78. The van der Waals surface area contributed by atoms with Crippen molar-refractivity contribution in [2.45, 2.75) is 32.9 Å². The van der Waals surface area contributed by atoms with E-state index < -0.39 is 0 Å². The molecule has 3 heteroatoms. The van der Waals surface area contributed by atoms with Gasteiger partial charge < -0.3 is 0 Å². The van der Waals surface area contributed by atoms with Crippen molar-refractivity contribution in [1.29, 1.82) is 0 Å². The summed E-state index contributed by atoms with van der Waals surface area (Å²) in [5.41, 5.74) is 3.61. The van der Waals surface area contributed by atoms with E-state index in [2.05, 4.69) is 84.9 Å². The number of rotatable bonds is 4. The van der Waals surface area contributed by atoms with Crippen LogP contribution in [0.3, 0.4) is 0 Å². The first-order chi connectivity index (χ1) is 10.7. The Hall–Kier alpha value is -2.42. The monoisotopic (exact) mass is 292 g/mol. The lowest BCUT2D eigenvalue weighted by atomic mass is 10.1. The van der Waals surface area contributed by atoms with E-state index in [0.29, 0.717) is 6.04 Å². The molecule has 3 rings (SSSR count). The van der Waals surface area contributed by atoms with Crippen molar-refractivity contribution >= 4 is 0 Å². The first kappa shape index (κ1) is 14.5. The summed E-state index contributed by atoms with van der Waals surface area (Å²) in [4.78, 5) is 0. The second-order valence-corrected chi connectivity index (χ2v) is 5.87. The molecule has 1 heterocycles. The zero-order valence-corrected chi connectivity index (χ0v) is 13.3. The van der Waals surface area contributed by atoms with E-state index in [1.54, 1.807) is 0 Å². The van der Waals surface area contributed by atoms with Gasteiger partial charge in [-0.05, 0) is 26.3 Å². The van der Waals surface area contributed by atoms with E-state index in [0.717, 1.165) is 5.69 Å². The van der Waals surface area contributed by atoms with Gasteiger partial charge in [0.1, 0.15) is 12.1 Å². The molecule has 22 heavy (non-hydrogen) atoms. The average molecular weight is 292 g/mol. The highest BCUT2D eigenvalue weighted by atomic mass is 15.5. The minimum Gasteiger partial charge on any atom is -0.129 e. The topological polar surface area (TPSA) is 21.7 Å². The van der Waals surface area contributed by atoms with Gasteiger partial charge in [-0.1, -0.05) is 60.7 Å². The van der Waals surface area contributed by atoms with Gasteiger partial charge in [0.2, 0.25) is 0 Å². The summed E-state index contributed by atoms with van der Waals surface area (Å²) in [6.45, 7) is 6.51. The predicted octanol–water partition coefficient (Wildman–Crippen LogP) is 4.03. The number of nitrogens with zero attached hydrogens (tertiary/aromatic N) is 3. The third-order valence-corrected chi connectivity index (χ3v) is 3.94. The molecule has 3 nitrogen and oxygen atoms in total. The van der Waals surface area contributed by atoms with Crippen LogP contribution in [0.25, 0.3) is 11.3 Å². The normalized spacial score (nSPS) is 12.5. The SMILES string of the molecule is CC(C)n1n[n+]([C@@H](C)c2ccccc2)cc1-c1ccccc1. The lowest BCUT2D eigenvalue weighted by molar-refractivity contribution is -0.767. The molecule has 0 radical (unpaired) electrons. The fourth-order valence-electron chi connectivity index (χ4n) is 2.64. The Balaban J connectivity index is 2.04. The molecule has 0 bridgehead atoms. The van der Waals surface area contributed by atoms with Crippen LogP contribution in [-0.4, -0.2) is 9.90 Å². The molecule has 0 aliphatic rings. The quantitative estimate of drug-likeness (QED) is 0.665. The highest BCUT2D eigenvalue weighted by Crippen LogP contribution is 2.21. The van der Waals surface area contributed by atoms with Crippen LogP contribution in [0.1, 0.15) is 38.4 Å². The Kier molecular flexibility index (Phi) is 4.05. The Labute approximate surface area is 131 Å². The maximum Gasteiger partial charge on any atom is 0.198 e. The third-order valence-electron chi connectivity index (χ3n) is 3.94. The Morgan fingerprint density at radius 1 is 0.864 bits per heavy atom. The van der Waals surface area contributed by atoms with Gasteiger partial charge in [0.15, 0.2) is 11.9 Å². The molecular formula is C19H22N3+. The maximum atomic E-state index is 4.80. The van der Waals surface area contributed by atoms with Crippen molar-refractivity contribution in [2.24, 2.45) is 0 Å². The average Bonchev–Trinajstić information content (AvgIpc) is 3.01. The van der Waals surface area contributed by atoms with Crippen LogP contribution in [0.2, 0.25) is 0 Å². The second kappa shape index (κ2) is 6.14. The van der Waals surface area contributed by atoms with Crippen LogP contribution in [0.15, 0.2) is 66.9 Å². The molecule has 0 fully saturated rings. The van der Waals surface area contributed by atoms with E-state index >= 15 is 0 Å². The van der Waals surface area contributed by atoms with E-state index in [4.69, 9.17) is 5.21 Å². The molecule has 1 atom stereocenters. The Morgan fingerprint density at radius 2 is 1.45 bits per heavy atom. The number of hydrogen-bond acceptors (Lipinski definition) is 1. The molecule has 2 aromatic carbocycles. The standard InChI is InChI=1S/C19H22N3/c1-15(2)22-19(18-12-8-5-9-13-18)14-21(20-22)16(3)17-10-6-4-7-11-17/h4-16H,1-3H3/q+1/t16-/m0/s1. The van der Waals surface area contributed by atoms with Crippen molar-refractivity contribution in [3.63, 3.8) is 0 Å². The van der Waals surface area contributed by atoms with Crippen LogP contribution >= 0.6 is 0 Å². The molecule has 0 N–H and O–H groups in total. The van der Waals surface area contributed by atoms with Gasteiger partial charge in [0, 0.05) is 5.56 Å². The van der Waals surface area contributed by atoms with Crippen molar-refractivity contribution in [3.8, 4) is 11.3 Å². The maximum absolute atomic E-state index is 4.80. The molecule has 1 aromatic heterocycles. The molecule has 0 amide bonds. The predicted molar refractivity (Wildman–Crippen MR) is 88.5 cm³/mol. The molecule has 0 unspecified atom stereocenters. The summed E-state index contributed by atoms with van der Waals surface area (Å²) in [6.07, 6.45) is 2.15. The van der Waals surface area contributed by atoms with E-state index in [-0.39, 0.29) is 6.04 Å². The molecular weight excluding hydrogens is 270 g/mol. The van der Waals surface area contributed by atoms with Gasteiger partial charge in [0.25, 0.3) is 0 Å². The number of hydrogen-bond donors (Lipinski definition) is 0. The fraction of sp³-hybridized carbons (Fsp3) is 0.263. The number of aromatic nitrogens is 3. The highest BCUT2D eigenvalue weighted by Gasteiger charge is 2.23. The molecule has 0 saturated carbocycles. The molecule has 3 aromatic rings. The van der Waals surface area contributed by atoms with Gasteiger partial charge in [-0.25, -0.2) is 0 Å². The number of benzene rings is 2. The van der Waals surface area contributed by atoms with Gasteiger partial charge in [-0.15, -0.1) is 9.36 Å². The van der Waals surface area contributed by atoms with E-state index in [1.165, 1.54) is 11.1 Å². The highest BCUT2D eigenvalue weighted by molar-refractivity contribution is 5.57. The van der Waals surface area contributed by atoms with Gasteiger partial charge in [-0.2, -0.15) is 0 Å². The summed E-state index contributed by atoms with van der Waals surface area (Å²) in [5.74, 6) is 0. The van der Waals surface area contributed by atoms with E-state index in [1.807, 2.05) is 12.1 Å². The molecule has 0 aliphatic heterocycles. The van der Waals surface area contributed by atoms with E-state index in [9.17, 15) is 0 Å². The summed E-state index contributed by atoms with van der Waals surface area (Å²) in [7, 11) is 0. The fourth-order valence-corrected chi connectivity index (χ4v) is 2.64. The summed E-state index contributed by atoms with van der Waals surface area (Å²) < 4.78 is 4.15. The minimum atomic E-state index is 0.212. The molecule has 0 saturated heterocycles. The van der Waals surface area contributed by atoms with Crippen LogP contribution in [0.5, 0.6) is 0 Å². The van der Waals surface area contributed by atoms with Gasteiger partial charge >= 0.3 is 0 Å². The van der Waals surface area contributed by atoms with Crippen LogP contribution < -0.4 is 4.68 Å². The minimum absolute atomic E-state index is 0.212. The molecule has 0 spiro atoms. The Morgan fingerprint density at radius 3 is 2.05 bits per heavy atom. The molecule has 112 valence electrons. The van der Waals surface area contributed by atoms with Crippen molar-refractivity contribution in [3.05, 3.63) is 72.4 Å². The van der Waals surface area contributed by atoms with Crippen molar-refractivity contribution in [1.82, 2.24) is 9.90 Å². The smallest absolute Gasteiger partial charge is 0.129 e. The first-order valence-corrected chi connectivity index (χ1v) is 7.78. The van der Waals surface area contributed by atoms with Crippen LogP contribution in [0, 0.1) is 0 Å². The van der Waals surface area contributed by atoms with Crippen LogP contribution in [0.4, 0.5) is 0 Å². The Bertz CT molecular complexity index is 730. The summed E-state index contributed by atoms with van der Waals surface area (Å²) in [6, 6.07) is 21.5. The summed E-state index contributed by atoms with van der Waals surface area (Å²) >= 11 is 0. The third kappa shape index (κ3) is 2.80. The van der Waals surface area contributed by atoms with Gasteiger partial charge in [-0.3, -0.25) is 0 Å². The second-order valence-electron chi connectivity index (χ2n) is 5.87. The lowest BCUT2D eigenvalue weighted by Crippen LogP contribution is -2.40. The zero-order chi connectivity index (χ0) is 15.5. The summed E-state index contributed by atoms with van der Waals surface area (Å²) in [5, 5.41) is 4.80. The molecule has 0 aliphatic carbocycles. The van der Waals surface area contributed by atoms with Gasteiger partial charge in [0.05, 0.1) is 5.21 Å².